The van der Waals surface area contributed by atoms with Gasteiger partial charge in [0, 0.05) is 18.1 Å². The van der Waals surface area contributed by atoms with Gasteiger partial charge in [-0.1, -0.05) is 23.7 Å². The molecule has 0 fully saturated rings. The molecule has 0 saturated heterocycles. The van der Waals surface area contributed by atoms with Crippen molar-refractivity contribution in [1.82, 2.24) is 20.5 Å². The minimum atomic E-state index is -4.69. The summed E-state index contributed by atoms with van der Waals surface area (Å²) >= 11 is 5.65. The molecule has 0 bridgehead atoms. The Bertz CT molecular complexity index is 1450. The molecule has 4 rings (SSSR count). The Kier molecular flexibility index (Phi) is 5.85. The van der Waals surface area contributed by atoms with Crippen LogP contribution in [0.5, 0.6) is 0 Å². The minimum absolute atomic E-state index is 0.120. The van der Waals surface area contributed by atoms with E-state index in [1.165, 1.54) is 30.5 Å². The molecule has 0 saturated carbocycles. The van der Waals surface area contributed by atoms with Gasteiger partial charge in [-0.25, -0.2) is 13.4 Å². The summed E-state index contributed by atoms with van der Waals surface area (Å²) < 4.78 is 64.1. The molecule has 0 aliphatic carbocycles. The molecular weight excluding hydrogens is 481 g/mol. The van der Waals surface area contributed by atoms with E-state index in [9.17, 15) is 26.4 Å². The Hall–Kier alpha value is -3.44. The Labute approximate surface area is 190 Å². The number of aromatic amines is 1. The number of sulfone groups is 1. The third-order valence-electron chi connectivity index (χ3n) is 4.80. The zero-order valence-corrected chi connectivity index (χ0v) is 18.1. The van der Waals surface area contributed by atoms with Gasteiger partial charge in [0.15, 0.2) is 5.65 Å². The molecule has 0 unspecified atom stereocenters. The fraction of sp³-hybridized carbons (Fsp3) is 0.0952. The van der Waals surface area contributed by atoms with Crippen molar-refractivity contribution in [3.63, 3.8) is 0 Å². The number of rotatable bonds is 5. The van der Waals surface area contributed by atoms with E-state index in [4.69, 9.17) is 11.6 Å². The maximum absolute atomic E-state index is 12.9. The van der Waals surface area contributed by atoms with Gasteiger partial charge in [-0.3, -0.25) is 9.89 Å². The first-order valence-electron chi connectivity index (χ1n) is 9.34. The Balaban J connectivity index is 1.47. The molecule has 2 aromatic heterocycles. The van der Waals surface area contributed by atoms with Gasteiger partial charge in [0.1, 0.15) is 0 Å². The van der Waals surface area contributed by atoms with Gasteiger partial charge in [0.25, 0.3) is 5.91 Å². The summed E-state index contributed by atoms with van der Waals surface area (Å²) in [7, 11) is -4.09. The molecule has 2 heterocycles. The van der Waals surface area contributed by atoms with E-state index in [0.717, 1.165) is 12.1 Å². The second kappa shape index (κ2) is 8.49. The number of fused-ring (bicyclic) bond motifs is 1. The standard InChI is InChI=1S/C21H14ClF3N4O3S/c22-18-8-16(5-6-17(18)21(23,24)25)33(31,32)15-3-1-12(2-4-15)9-27-20(30)14-7-13-11-28-29-19(13)26-10-14/h1-8,10-11H,9H2,(H,27,30)(H,26,28,29). The lowest BCUT2D eigenvalue weighted by atomic mass is 10.2. The lowest BCUT2D eigenvalue weighted by Gasteiger charge is -2.11. The molecule has 2 aromatic carbocycles. The van der Waals surface area contributed by atoms with Crippen molar-refractivity contribution in [2.75, 3.05) is 0 Å². The summed E-state index contributed by atoms with van der Waals surface area (Å²) in [6.07, 6.45) is -1.74. The average Bonchev–Trinajstić information content (AvgIpc) is 3.24. The predicted molar refractivity (Wildman–Crippen MR) is 113 cm³/mol. The highest BCUT2D eigenvalue weighted by atomic mass is 35.5. The first-order chi connectivity index (χ1) is 15.6. The molecule has 33 heavy (non-hydrogen) atoms. The highest BCUT2D eigenvalue weighted by Crippen LogP contribution is 2.36. The smallest absolute Gasteiger partial charge is 0.348 e. The number of H-pyrrole nitrogens is 1. The number of halogens is 4. The molecule has 0 aliphatic heterocycles. The van der Waals surface area contributed by atoms with Gasteiger partial charge in [-0.05, 0) is 42.0 Å². The van der Waals surface area contributed by atoms with Crippen LogP contribution in [0.4, 0.5) is 13.2 Å². The number of carbonyl (C=O) groups is 1. The van der Waals surface area contributed by atoms with Crippen LogP contribution in [0.25, 0.3) is 11.0 Å². The van der Waals surface area contributed by atoms with Crippen LogP contribution < -0.4 is 5.32 Å². The van der Waals surface area contributed by atoms with Crippen molar-refractivity contribution in [2.24, 2.45) is 0 Å². The molecule has 2 N–H and O–H groups in total. The quantitative estimate of drug-likeness (QED) is 0.428. The van der Waals surface area contributed by atoms with Crippen molar-refractivity contribution in [3.05, 3.63) is 82.6 Å². The van der Waals surface area contributed by atoms with E-state index in [0.29, 0.717) is 28.2 Å². The molecule has 0 radical (unpaired) electrons. The zero-order chi connectivity index (χ0) is 23.8. The fourth-order valence-corrected chi connectivity index (χ4v) is 4.70. The second-order valence-corrected chi connectivity index (χ2v) is 9.36. The third-order valence-corrected chi connectivity index (χ3v) is 6.88. The summed E-state index contributed by atoms with van der Waals surface area (Å²) in [4.78, 5) is 16.0. The predicted octanol–water partition coefficient (Wildman–Crippen LogP) is 4.39. The maximum Gasteiger partial charge on any atom is 0.417 e. The number of alkyl halides is 3. The average molecular weight is 495 g/mol. The van der Waals surface area contributed by atoms with Gasteiger partial charge in [0.2, 0.25) is 9.84 Å². The number of aromatic nitrogens is 3. The van der Waals surface area contributed by atoms with Crippen LogP contribution in [-0.4, -0.2) is 29.5 Å². The van der Waals surface area contributed by atoms with Gasteiger partial charge in [-0.2, -0.15) is 18.3 Å². The minimum Gasteiger partial charge on any atom is -0.348 e. The second-order valence-electron chi connectivity index (χ2n) is 7.00. The van der Waals surface area contributed by atoms with Crippen molar-refractivity contribution < 1.29 is 26.4 Å². The number of hydrogen-bond acceptors (Lipinski definition) is 5. The highest BCUT2D eigenvalue weighted by molar-refractivity contribution is 7.91. The summed E-state index contributed by atoms with van der Waals surface area (Å²) in [5.41, 5.74) is 0.390. The number of nitrogens with one attached hydrogen (secondary N) is 2. The number of benzene rings is 2. The van der Waals surface area contributed by atoms with Crippen molar-refractivity contribution in [1.29, 1.82) is 0 Å². The van der Waals surface area contributed by atoms with E-state index in [1.54, 1.807) is 12.3 Å². The molecule has 7 nitrogen and oxygen atoms in total. The number of pyridine rings is 1. The van der Waals surface area contributed by atoms with Gasteiger partial charge in [-0.15, -0.1) is 0 Å². The Morgan fingerprint density at radius 1 is 1.03 bits per heavy atom. The Morgan fingerprint density at radius 3 is 2.39 bits per heavy atom. The normalized spacial score (nSPS) is 12.1. The van der Waals surface area contributed by atoms with Crippen LogP contribution in [0.2, 0.25) is 5.02 Å². The van der Waals surface area contributed by atoms with Crippen LogP contribution in [0, 0.1) is 0 Å². The number of nitrogens with zero attached hydrogens (tertiary/aromatic N) is 2. The van der Waals surface area contributed by atoms with Gasteiger partial charge in [0.05, 0.1) is 32.1 Å². The summed E-state index contributed by atoms with van der Waals surface area (Å²) in [5.74, 6) is -0.373. The van der Waals surface area contributed by atoms with Crippen LogP contribution in [0.3, 0.4) is 0 Å². The maximum atomic E-state index is 12.9. The lowest BCUT2D eigenvalue weighted by Crippen LogP contribution is -2.22. The molecule has 4 aromatic rings. The molecule has 12 heteroatoms. The number of carbonyl (C=O) groups excluding carboxylic acids is 1. The van der Waals surface area contributed by atoms with Crippen LogP contribution >= 0.6 is 11.6 Å². The van der Waals surface area contributed by atoms with Gasteiger partial charge >= 0.3 is 6.18 Å². The van der Waals surface area contributed by atoms with E-state index in [-0.39, 0.29) is 22.2 Å². The molecule has 0 aliphatic rings. The van der Waals surface area contributed by atoms with Crippen LogP contribution in [0.1, 0.15) is 21.5 Å². The van der Waals surface area contributed by atoms with Crippen molar-refractivity contribution in [3.8, 4) is 0 Å². The van der Waals surface area contributed by atoms with E-state index in [2.05, 4.69) is 20.5 Å². The molecule has 0 atom stereocenters. The monoisotopic (exact) mass is 494 g/mol. The van der Waals surface area contributed by atoms with Crippen LogP contribution in [-0.2, 0) is 22.6 Å². The molecule has 1 amide bonds. The largest absolute Gasteiger partial charge is 0.417 e. The van der Waals surface area contributed by atoms with E-state index >= 15 is 0 Å². The van der Waals surface area contributed by atoms with E-state index < -0.39 is 26.6 Å². The third kappa shape index (κ3) is 4.69. The first kappa shape index (κ1) is 22.7. The summed E-state index contributed by atoms with van der Waals surface area (Å²) in [6.45, 7) is 0.120. The van der Waals surface area contributed by atoms with Gasteiger partial charge < -0.3 is 5.32 Å². The number of amides is 1. The van der Waals surface area contributed by atoms with Crippen LogP contribution in [0.15, 0.2) is 70.7 Å². The summed E-state index contributed by atoms with van der Waals surface area (Å²) in [5, 5.41) is 9.21. The zero-order valence-electron chi connectivity index (χ0n) is 16.5. The highest BCUT2D eigenvalue weighted by Gasteiger charge is 2.34. The molecule has 170 valence electrons. The van der Waals surface area contributed by atoms with E-state index in [1.807, 2.05) is 0 Å². The first-order valence-corrected chi connectivity index (χ1v) is 11.2. The Morgan fingerprint density at radius 2 is 1.73 bits per heavy atom. The molecule has 0 spiro atoms. The van der Waals surface area contributed by atoms with Crippen molar-refractivity contribution in [2.45, 2.75) is 22.5 Å². The SMILES string of the molecule is O=C(NCc1ccc(S(=O)(=O)c2ccc(C(F)(F)F)c(Cl)c2)cc1)c1cnc2[nH]ncc2c1. The topological polar surface area (TPSA) is 105 Å². The fourth-order valence-electron chi connectivity index (χ4n) is 3.06. The van der Waals surface area contributed by atoms with Crippen molar-refractivity contribution >= 4 is 38.4 Å². The molecular formula is C21H14ClF3N4O3S. The lowest BCUT2D eigenvalue weighted by molar-refractivity contribution is -0.137. The number of hydrogen-bond donors (Lipinski definition) is 2. The summed E-state index contributed by atoms with van der Waals surface area (Å²) in [6, 6.07) is 9.51.